The fourth-order valence-electron chi connectivity index (χ4n) is 5.74. The molecule has 2 aromatic heterocycles. The second kappa shape index (κ2) is 11.1. The van der Waals surface area contributed by atoms with Crippen LogP contribution in [0.3, 0.4) is 0 Å². The zero-order valence-corrected chi connectivity index (χ0v) is 22.0. The Morgan fingerprint density at radius 3 is 2.65 bits per heavy atom. The Labute approximate surface area is 231 Å². The maximum atomic E-state index is 13.0. The molecule has 0 aliphatic carbocycles. The van der Waals surface area contributed by atoms with Crippen molar-refractivity contribution in [2.75, 3.05) is 23.3 Å². The number of nitrogens with one attached hydrogen (secondary N) is 2. The van der Waals surface area contributed by atoms with Crippen molar-refractivity contribution in [3.63, 3.8) is 0 Å². The molecule has 2 amide bonds. The minimum Gasteiger partial charge on any atom is -0.467 e. The van der Waals surface area contributed by atoms with E-state index >= 15 is 0 Å². The number of hydrogen-bond acceptors (Lipinski definition) is 5. The number of carbonyl (C=O) groups is 2. The summed E-state index contributed by atoms with van der Waals surface area (Å²) in [4.78, 5) is 40.7. The first kappa shape index (κ1) is 25.4. The third-order valence-corrected chi connectivity index (χ3v) is 7.57. The van der Waals surface area contributed by atoms with E-state index in [0.717, 1.165) is 29.9 Å². The summed E-state index contributed by atoms with van der Waals surface area (Å²) in [6.45, 7) is 2.41. The largest absolute Gasteiger partial charge is 0.467 e. The lowest BCUT2D eigenvalue weighted by molar-refractivity contribution is -0.111. The number of carbonyl (C=O) groups excluding carboxylic acids is 2. The summed E-state index contributed by atoms with van der Waals surface area (Å²) in [6.07, 6.45) is 5.84. The van der Waals surface area contributed by atoms with Crippen LogP contribution in [0.15, 0.2) is 100 Å². The topological polar surface area (TPSA) is 96.6 Å². The number of hydrogen-bond donors (Lipinski definition) is 2. The summed E-state index contributed by atoms with van der Waals surface area (Å²) >= 11 is 0. The van der Waals surface area contributed by atoms with Crippen LogP contribution in [-0.2, 0) is 17.9 Å². The van der Waals surface area contributed by atoms with Crippen LogP contribution in [0.2, 0.25) is 0 Å². The number of anilines is 2. The van der Waals surface area contributed by atoms with Crippen molar-refractivity contribution in [2.45, 2.75) is 25.4 Å². The SMILES string of the molecule is O=C(/C=C/c1ccccc1)Nc1cc(C(=O)NCc2ccco2)ccc1N1C[C@H]2C[C@@H](C1)c1cccc(=O)n1C2. The van der Waals surface area contributed by atoms with Gasteiger partial charge in [0, 0.05) is 49.0 Å². The first-order valence-electron chi connectivity index (χ1n) is 13.5. The Bertz CT molecular complexity index is 1610. The number of nitrogens with zero attached hydrogens (tertiary/aromatic N) is 2. The van der Waals surface area contributed by atoms with Gasteiger partial charge in [-0.2, -0.15) is 0 Å². The smallest absolute Gasteiger partial charge is 0.251 e. The van der Waals surface area contributed by atoms with Crippen molar-refractivity contribution in [3.05, 3.63) is 124 Å². The lowest BCUT2D eigenvalue weighted by Gasteiger charge is -2.44. The lowest BCUT2D eigenvalue weighted by atomic mass is 9.83. The highest BCUT2D eigenvalue weighted by Gasteiger charge is 2.35. The van der Waals surface area contributed by atoms with Crippen molar-refractivity contribution in [1.82, 2.24) is 9.88 Å². The Balaban J connectivity index is 1.27. The average molecular weight is 535 g/mol. The molecule has 2 aromatic carbocycles. The van der Waals surface area contributed by atoms with E-state index in [-0.39, 0.29) is 29.8 Å². The van der Waals surface area contributed by atoms with Crippen LogP contribution >= 0.6 is 0 Å². The van der Waals surface area contributed by atoms with E-state index < -0.39 is 0 Å². The minimum absolute atomic E-state index is 0.0451. The van der Waals surface area contributed by atoms with Crippen molar-refractivity contribution in [3.8, 4) is 0 Å². The van der Waals surface area contributed by atoms with Gasteiger partial charge in [-0.05, 0) is 60.4 Å². The van der Waals surface area contributed by atoms with Gasteiger partial charge in [0.15, 0.2) is 0 Å². The Morgan fingerprint density at radius 2 is 1.82 bits per heavy atom. The van der Waals surface area contributed by atoms with Gasteiger partial charge in [0.25, 0.3) is 11.5 Å². The summed E-state index contributed by atoms with van der Waals surface area (Å²) in [5.74, 6) is 0.626. The van der Waals surface area contributed by atoms with Crippen LogP contribution in [0, 0.1) is 5.92 Å². The molecule has 0 saturated carbocycles. The molecule has 2 atom stereocenters. The summed E-state index contributed by atoms with van der Waals surface area (Å²) in [7, 11) is 0. The molecule has 4 aromatic rings. The molecule has 0 unspecified atom stereocenters. The average Bonchev–Trinajstić information content (AvgIpc) is 3.50. The summed E-state index contributed by atoms with van der Waals surface area (Å²) < 4.78 is 7.22. The molecule has 2 bridgehead atoms. The van der Waals surface area contributed by atoms with Crippen molar-refractivity contribution in [2.24, 2.45) is 5.92 Å². The normalized spacial score (nSPS) is 17.9. The third-order valence-electron chi connectivity index (χ3n) is 7.57. The molecular formula is C32H30N4O4. The molecule has 8 nitrogen and oxygen atoms in total. The molecule has 4 heterocycles. The second-order valence-corrected chi connectivity index (χ2v) is 10.3. The molecule has 0 radical (unpaired) electrons. The molecule has 2 aliphatic rings. The van der Waals surface area contributed by atoms with Crippen LogP contribution in [-0.4, -0.2) is 29.5 Å². The van der Waals surface area contributed by atoms with Gasteiger partial charge in [0.1, 0.15) is 5.76 Å². The third kappa shape index (κ3) is 5.47. The summed E-state index contributed by atoms with van der Waals surface area (Å²) in [5, 5.41) is 5.89. The predicted octanol–water partition coefficient (Wildman–Crippen LogP) is 4.65. The molecule has 1 saturated heterocycles. The monoisotopic (exact) mass is 534 g/mol. The zero-order valence-electron chi connectivity index (χ0n) is 22.0. The van der Waals surface area contributed by atoms with Crippen molar-refractivity contribution in [1.29, 1.82) is 0 Å². The van der Waals surface area contributed by atoms with Gasteiger partial charge in [-0.15, -0.1) is 0 Å². The number of fused-ring (bicyclic) bond motifs is 4. The number of rotatable bonds is 7. The van der Waals surface area contributed by atoms with Gasteiger partial charge in [-0.3, -0.25) is 14.4 Å². The highest BCUT2D eigenvalue weighted by Crippen LogP contribution is 2.39. The molecule has 202 valence electrons. The van der Waals surface area contributed by atoms with Gasteiger partial charge < -0.3 is 24.5 Å². The molecular weight excluding hydrogens is 504 g/mol. The summed E-state index contributed by atoms with van der Waals surface area (Å²) in [6, 6.07) is 24.1. The minimum atomic E-state index is -0.285. The molecule has 8 heteroatoms. The van der Waals surface area contributed by atoms with E-state index in [4.69, 9.17) is 4.42 Å². The van der Waals surface area contributed by atoms with Gasteiger partial charge >= 0.3 is 0 Å². The fourth-order valence-corrected chi connectivity index (χ4v) is 5.74. The number of aromatic nitrogens is 1. The number of pyridine rings is 1. The quantitative estimate of drug-likeness (QED) is 0.337. The number of piperidine rings is 1. The standard InChI is InChI=1S/C32H30N4O4/c37-30(14-11-22-6-2-1-3-7-22)34-27-17-24(32(39)33-18-26-8-5-15-40-26)12-13-29(27)35-19-23-16-25(21-35)28-9-4-10-31(38)36(28)20-23/h1-15,17,23,25H,16,18-21H2,(H,33,39)(H,34,37)/b14-11+/t23-,25+/m1/s1. The van der Waals surface area contributed by atoms with E-state index in [0.29, 0.717) is 36.0 Å². The molecule has 0 spiro atoms. The Kier molecular flexibility index (Phi) is 7.06. The number of furan rings is 1. The van der Waals surface area contributed by atoms with Gasteiger partial charge in [0.2, 0.25) is 5.91 Å². The number of benzene rings is 2. The van der Waals surface area contributed by atoms with Gasteiger partial charge in [-0.25, -0.2) is 0 Å². The van der Waals surface area contributed by atoms with Crippen LogP contribution in [0.4, 0.5) is 11.4 Å². The van der Waals surface area contributed by atoms with Gasteiger partial charge in [-0.1, -0.05) is 36.4 Å². The van der Waals surface area contributed by atoms with Crippen LogP contribution in [0.25, 0.3) is 6.08 Å². The van der Waals surface area contributed by atoms with Crippen LogP contribution in [0.5, 0.6) is 0 Å². The van der Waals surface area contributed by atoms with E-state index in [1.165, 1.54) is 6.08 Å². The van der Waals surface area contributed by atoms with Crippen molar-refractivity contribution < 1.29 is 14.0 Å². The first-order chi connectivity index (χ1) is 19.5. The highest BCUT2D eigenvalue weighted by atomic mass is 16.3. The lowest BCUT2D eigenvalue weighted by Crippen LogP contribution is -2.47. The molecule has 6 rings (SSSR count). The van der Waals surface area contributed by atoms with Gasteiger partial charge in [0.05, 0.1) is 24.2 Å². The highest BCUT2D eigenvalue weighted by molar-refractivity contribution is 6.05. The van der Waals surface area contributed by atoms with Crippen LogP contribution in [0.1, 0.15) is 39.7 Å². The Hall–Kier alpha value is -4.85. The van der Waals surface area contributed by atoms with Crippen LogP contribution < -0.4 is 21.1 Å². The fraction of sp³-hybridized carbons (Fsp3) is 0.219. The number of amides is 2. The van der Waals surface area contributed by atoms with E-state index in [1.54, 1.807) is 42.7 Å². The maximum absolute atomic E-state index is 13.0. The van der Waals surface area contributed by atoms with E-state index in [9.17, 15) is 14.4 Å². The second-order valence-electron chi connectivity index (χ2n) is 10.3. The zero-order chi connectivity index (χ0) is 27.5. The summed E-state index contributed by atoms with van der Waals surface area (Å²) in [5.41, 5.74) is 3.88. The van der Waals surface area contributed by atoms with E-state index in [1.807, 2.05) is 53.1 Å². The maximum Gasteiger partial charge on any atom is 0.251 e. The molecule has 2 aliphatic heterocycles. The molecule has 2 N–H and O–H groups in total. The Morgan fingerprint density at radius 1 is 0.950 bits per heavy atom. The van der Waals surface area contributed by atoms with Crippen molar-refractivity contribution >= 4 is 29.3 Å². The molecule has 1 fully saturated rings. The first-order valence-corrected chi connectivity index (χ1v) is 13.5. The van der Waals surface area contributed by atoms with E-state index in [2.05, 4.69) is 15.5 Å². The molecule has 40 heavy (non-hydrogen) atoms. The predicted molar refractivity (Wildman–Crippen MR) is 154 cm³/mol.